The summed E-state index contributed by atoms with van der Waals surface area (Å²) in [5.74, 6) is -1.11. The average molecular weight is 479 g/mol. The lowest BCUT2D eigenvalue weighted by atomic mass is 9.70. The number of nitrogens with zero attached hydrogens (tertiary/aromatic N) is 2. The van der Waals surface area contributed by atoms with E-state index in [-0.39, 0.29) is 36.8 Å². The van der Waals surface area contributed by atoms with Crippen LogP contribution in [0.15, 0.2) is 48.5 Å². The van der Waals surface area contributed by atoms with E-state index in [9.17, 15) is 19.8 Å². The van der Waals surface area contributed by atoms with Crippen LogP contribution in [-0.2, 0) is 32.9 Å². The summed E-state index contributed by atoms with van der Waals surface area (Å²) < 4.78 is 6.61. The van der Waals surface area contributed by atoms with Crippen molar-refractivity contribution in [2.75, 3.05) is 18.6 Å². The van der Waals surface area contributed by atoms with Crippen molar-refractivity contribution >= 4 is 17.5 Å². The van der Waals surface area contributed by atoms with E-state index in [0.717, 1.165) is 22.4 Å². The molecular formula is C28H34N2O5. The van der Waals surface area contributed by atoms with Crippen molar-refractivity contribution in [3.8, 4) is 0 Å². The van der Waals surface area contributed by atoms with E-state index in [2.05, 4.69) is 0 Å². The summed E-state index contributed by atoms with van der Waals surface area (Å²) in [6, 6.07) is 15.2. The Hall–Kier alpha value is -2.74. The lowest BCUT2D eigenvalue weighted by Crippen LogP contribution is -2.48. The van der Waals surface area contributed by atoms with Gasteiger partial charge in [-0.25, -0.2) is 0 Å². The summed E-state index contributed by atoms with van der Waals surface area (Å²) in [6.07, 6.45) is -0.0356. The summed E-state index contributed by atoms with van der Waals surface area (Å²) in [6.45, 7) is 5.67. The Balaban J connectivity index is 1.48. The van der Waals surface area contributed by atoms with Crippen molar-refractivity contribution < 1.29 is 24.5 Å². The highest BCUT2D eigenvalue weighted by Crippen LogP contribution is 2.57. The number of hydrogen-bond acceptors (Lipinski definition) is 5. The monoisotopic (exact) mass is 478 g/mol. The number of carbonyl (C=O) groups is 2. The lowest BCUT2D eigenvalue weighted by Gasteiger charge is -2.38. The molecule has 2 N–H and O–H groups in total. The summed E-state index contributed by atoms with van der Waals surface area (Å²) in [5.41, 5.74) is 1.37. The summed E-state index contributed by atoms with van der Waals surface area (Å²) in [7, 11) is 1.74. The second-order valence-corrected chi connectivity index (χ2v) is 10.8. The third-order valence-corrected chi connectivity index (χ3v) is 8.28. The normalized spacial score (nSPS) is 30.1. The van der Waals surface area contributed by atoms with Gasteiger partial charge in [0.2, 0.25) is 5.91 Å². The fourth-order valence-corrected chi connectivity index (χ4v) is 6.67. The van der Waals surface area contributed by atoms with Gasteiger partial charge >= 0.3 is 0 Å². The van der Waals surface area contributed by atoms with E-state index in [0.29, 0.717) is 13.0 Å². The first kappa shape index (κ1) is 24.0. The Labute approximate surface area is 206 Å². The first-order valence-electron chi connectivity index (χ1n) is 12.3. The van der Waals surface area contributed by atoms with Crippen LogP contribution in [0.2, 0.25) is 0 Å². The van der Waals surface area contributed by atoms with E-state index in [4.69, 9.17) is 4.74 Å². The minimum atomic E-state index is -1.24. The number of fused-ring (bicyclic) bond motifs is 3. The predicted octanol–water partition coefficient (Wildman–Crippen LogP) is 2.62. The Morgan fingerprint density at radius 3 is 2.49 bits per heavy atom. The second kappa shape index (κ2) is 8.43. The van der Waals surface area contributed by atoms with Crippen LogP contribution >= 0.6 is 0 Å². The van der Waals surface area contributed by atoms with Crippen molar-refractivity contribution in [3.05, 3.63) is 65.2 Å². The van der Waals surface area contributed by atoms with Gasteiger partial charge in [0.15, 0.2) is 5.60 Å². The van der Waals surface area contributed by atoms with Gasteiger partial charge in [-0.15, -0.1) is 0 Å². The molecule has 2 aromatic rings. The van der Waals surface area contributed by atoms with Gasteiger partial charge in [-0.05, 0) is 37.5 Å². The SMILES string of the molecule is C[C@@H]1[C@@H](C(C)(C)O)[C@H](CC(=O)N2Cc3ccccc3C[C@H]2CO)O[C@@]12C(=O)N(C)c1ccccc12. The molecule has 7 heteroatoms. The molecule has 0 aromatic heterocycles. The maximum Gasteiger partial charge on any atom is 0.264 e. The van der Waals surface area contributed by atoms with Crippen molar-refractivity contribution in [1.82, 2.24) is 4.90 Å². The van der Waals surface area contributed by atoms with Gasteiger partial charge in [0.25, 0.3) is 5.91 Å². The average Bonchev–Trinajstić information content (AvgIpc) is 3.25. The zero-order valence-corrected chi connectivity index (χ0v) is 20.8. The first-order chi connectivity index (χ1) is 16.6. The molecule has 5 atom stereocenters. The van der Waals surface area contributed by atoms with Gasteiger partial charge in [0.05, 0.1) is 36.5 Å². The third kappa shape index (κ3) is 3.60. The molecule has 0 aliphatic carbocycles. The van der Waals surface area contributed by atoms with Gasteiger partial charge in [0, 0.05) is 31.0 Å². The van der Waals surface area contributed by atoms with E-state index in [1.54, 1.807) is 30.7 Å². The zero-order chi connectivity index (χ0) is 25.1. The molecule has 0 unspecified atom stereocenters. The topological polar surface area (TPSA) is 90.3 Å². The Morgan fingerprint density at radius 2 is 1.80 bits per heavy atom. The molecule has 0 bridgehead atoms. The molecule has 1 saturated heterocycles. The number of amides is 2. The minimum absolute atomic E-state index is 0.0264. The molecule has 1 spiro atoms. The first-order valence-corrected chi connectivity index (χ1v) is 12.3. The number of carbonyl (C=O) groups excluding carboxylic acids is 2. The van der Waals surface area contributed by atoms with Crippen molar-refractivity contribution in [1.29, 1.82) is 0 Å². The van der Waals surface area contributed by atoms with Crippen LogP contribution in [0.25, 0.3) is 0 Å². The number of anilines is 1. The number of likely N-dealkylation sites (N-methyl/N-ethyl adjacent to an activating group) is 1. The number of benzene rings is 2. The largest absolute Gasteiger partial charge is 0.394 e. The summed E-state index contributed by atoms with van der Waals surface area (Å²) >= 11 is 0. The van der Waals surface area contributed by atoms with Crippen molar-refractivity contribution in [3.63, 3.8) is 0 Å². The highest BCUT2D eigenvalue weighted by molar-refractivity contribution is 6.07. The molecule has 0 radical (unpaired) electrons. The number of hydrogen-bond donors (Lipinski definition) is 2. The van der Waals surface area contributed by atoms with Crippen LogP contribution < -0.4 is 4.90 Å². The number of aliphatic hydroxyl groups is 2. The number of rotatable bonds is 4. The highest BCUT2D eigenvalue weighted by atomic mass is 16.5. The van der Waals surface area contributed by atoms with Crippen LogP contribution in [0.4, 0.5) is 5.69 Å². The van der Waals surface area contributed by atoms with Gasteiger partial charge < -0.3 is 24.7 Å². The number of ether oxygens (including phenoxy) is 1. The van der Waals surface area contributed by atoms with Gasteiger partial charge in [-0.1, -0.05) is 49.4 Å². The standard InChI is InChI=1S/C28H34N2O5/c1-17-25(27(2,3)34)23(35-28(17)21-11-7-8-12-22(21)29(4)26(28)33)14-24(32)30-15-19-10-6-5-9-18(19)13-20(30)16-31/h5-12,17,20,23,25,31,34H,13-16H2,1-4H3/t17-,20+,23+,25-,28+/m1/s1. The lowest BCUT2D eigenvalue weighted by molar-refractivity contribution is -0.151. The molecular weight excluding hydrogens is 444 g/mol. The summed E-state index contributed by atoms with van der Waals surface area (Å²) in [5, 5.41) is 21.2. The second-order valence-electron chi connectivity index (χ2n) is 10.8. The number of para-hydroxylation sites is 1. The van der Waals surface area contributed by atoms with E-state index >= 15 is 0 Å². The van der Waals surface area contributed by atoms with E-state index in [1.165, 1.54) is 0 Å². The summed E-state index contributed by atoms with van der Waals surface area (Å²) in [4.78, 5) is 30.6. The molecule has 1 fully saturated rings. The van der Waals surface area contributed by atoms with E-state index in [1.807, 2.05) is 55.5 Å². The molecule has 186 valence electrons. The smallest absolute Gasteiger partial charge is 0.264 e. The maximum atomic E-state index is 13.7. The molecule has 3 aliphatic heterocycles. The maximum absolute atomic E-state index is 13.7. The molecule has 3 aliphatic rings. The highest BCUT2D eigenvalue weighted by Gasteiger charge is 2.65. The van der Waals surface area contributed by atoms with Crippen LogP contribution in [0.1, 0.15) is 43.9 Å². The Morgan fingerprint density at radius 1 is 1.14 bits per heavy atom. The van der Waals surface area contributed by atoms with Crippen LogP contribution in [-0.4, -0.2) is 58.3 Å². The minimum Gasteiger partial charge on any atom is -0.394 e. The molecule has 2 aromatic carbocycles. The zero-order valence-electron chi connectivity index (χ0n) is 20.8. The number of aliphatic hydroxyl groups excluding tert-OH is 1. The fraction of sp³-hybridized carbons (Fsp3) is 0.500. The molecule has 7 nitrogen and oxygen atoms in total. The molecule has 5 rings (SSSR count). The molecule has 35 heavy (non-hydrogen) atoms. The van der Waals surface area contributed by atoms with E-state index < -0.39 is 23.2 Å². The predicted molar refractivity (Wildman–Crippen MR) is 132 cm³/mol. The van der Waals surface area contributed by atoms with Gasteiger partial charge in [-0.2, -0.15) is 0 Å². The van der Waals surface area contributed by atoms with Gasteiger partial charge in [-0.3, -0.25) is 9.59 Å². The van der Waals surface area contributed by atoms with Crippen LogP contribution in [0, 0.1) is 11.8 Å². The quantitative estimate of drug-likeness (QED) is 0.705. The molecule has 0 saturated carbocycles. The van der Waals surface area contributed by atoms with Crippen molar-refractivity contribution in [2.45, 2.75) is 63.5 Å². The van der Waals surface area contributed by atoms with Gasteiger partial charge in [0.1, 0.15) is 0 Å². The fourth-order valence-electron chi connectivity index (χ4n) is 6.67. The molecule has 3 heterocycles. The Kier molecular flexibility index (Phi) is 5.78. The van der Waals surface area contributed by atoms with Crippen LogP contribution in [0.5, 0.6) is 0 Å². The Bertz CT molecular complexity index is 1160. The van der Waals surface area contributed by atoms with Crippen LogP contribution in [0.3, 0.4) is 0 Å². The third-order valence-electron chi connectivity index (χ3n) is 8.28. The molecule has 2 amide bonds. The van der Waals surface area contributed by atoms with Crippen molar-refractivity contribution in [2.24, 2.45) is 11.8 Å².